The van der Waals surface area contributed by atoms with E-state index >= 15 is 0 Å². The molecule has 2 atom stereocenters. The highest BCUT2D eigenvalue weighted by Gasteiger charge is 2.30. The van der Waals surface area contributed by atoms with Gasteiger partial charge in [0.25, 0.3) is 0 Å². The van der Waals surface area contributed by atoms with Crippen molar-refractivity contribution in [2.75, 3.05) is 16.8 Å². The Bertz CT molecular complexity index is 1120. The van der Waals surface area contributed by atoms with Gasteiger partial charge in [-0.15, -0.1) is 0 Å². The fourth-order valence-electron chi connectivity index (χ4n) is 3.31. The van der Waals surface area contributed by atoms with Crippen LogP contribution in [0.4, 0.5) is 5.69 Å². The van der Waals surface area contributed by atoms with Crippen LogP contribution < -0.4 is 9.62 Å². The summed E-state index contributed by atoms with van der Waals surface area (Å²) in [7, 11) is -7.02. The molecule has 2 aromatic rings. The highest BCUT2D eigenvalue weighted by molar-refractivity contribution is 7.92. The Hall–Kier alpha value is -2.39. The predicted molar refractivity (Wildman–Crippen MR) is 119 cm³/mol. The van der Waals surface area contributed by atoms with Crippen molar-refractivity contribution in [3.63, 3.8) is 0 Å². The van der Waals surface area contributed by atoms with Gasteiger partial charge in [0.05, 0.1) is 22.9 Å². The topological polar surface area (TPSA) is 101 Å². The second-order valence-corrected chi connectivity index (χ2v) is 11.5. The Balaban J connectivity index is 2.27. The minimum Gasteiger partial charge on any atom is -0.348 e. The summed E-state index contributed by atoms with van der Waals surface area (Å²) >= 11 is 0. The average Bonchev–Trinajstić information content (AvgIpc) is 2.59. The molecule has 0 bridgehead atoms. The molecule has 2 aromatic carbocycles. The van der Waals surface area contributed by atoms with Gasteiger partial charge in [-0.05, 0) is 68.7 Å². The van der Waals surface area contributed by atoms with Gasteiger partial charge in [0.15, 0.2) is 9.84 Å². The largest absolute Gasteiger partial charge is 0.348 e. The summed E-state index contributed by atoms with van der Waals surface area (Å²) in [6.07, 6.45) is 2.20. The lowest BCUT2D eigenvalue weighted by Gasteiger charge is -2.30. The third-order valence-electron chi connectivity index (χ3n) is 4.72. The van der Waals surface area contributed by atoms with E-state index in [2.05, 4.69) is 5.32 Å². The minimum atomic E-state index is -3.71. The Labute approximate surface area is 179 Å². The number of carbonyl (C=O) groups is 1. The molecule has 1 N–H and O–H groups in total. The summed E-state index contributed by atoms with van der Waals surface area (Å²) in [5.74, 6) is -0.459. The molecule has 1 amide bonds. The Kier molecular flexibility index (Phi) is 6.98. The van der Waals surface area contributed by atoms with E-state index in [1.165, 1.54) is 19.1 Å². The van der Waals surface area contributed by atoms with Crippen LogP contribution in [0.5, 0.6) is 0 Å². The molecule has 0 saturated heterocycles. The third-order valence-corrected chi connectivity index (χ3v) is 7.09. The molecule has 0 aliphatic heterocycles. The van der Waals surface area contributed by atoms with E-state index < -0.39 is 37.9 Å². The Morgan fingerprint density at radius 1 is 0.900 bits per heavy atom. The van der Waals surface area contributed by atoms with Crippen LogP contribution in [0.1, 0.15) is 36.6 Å². The zero-order valence-electron chi connectivity index (χ0n) is 18.0. The predicted octanol–water partition coefficient (Wildman–Crippen LogP) is 2.74. The summed E-state index contributed by atoms with van der Waals surface area (Å²) in [4.78, 5) is 13.1. The number of sulfonamides is 1. The first-order valence-corrected chi connectivity index (χ1v) is 13.1. The first kappa shape index (κ1) is 23.9. The Morgan fingerprint density at radius 2 is 1.40 bits per heavy atom. The van der Waals surface area contributed by atoms with Gasteiger partial charge in [-0.25, -0.2) is 16.8 Å². The Morgan fingerprint density at radius 3 is 1.83 bits per heavy atom. The number of hydrogen-bond acceptors (Lipinski definition) is 5. The molecule has 7 nitrogen and oxygen atoms in total. The van der Waals surface area contributed by atoms with E-state index in [4.69, 9.17) is 0 Å². The van der Waals surface area contributed by atoms with E-state index in [-0.39, 0.29) is 4.90 Å². The zero-order valence-corrected chi connectivity index (χ0v) is 19.6. The van der Waals surface area contributed by atoms with Crippen molar-refractivity contribution in [1.82, 2.24) is 5.32 Å². The van der Waals surface area contributed by atoms with Crippen LogP contribution in [-0.4, -0.2) is 41.3 Å². The van der Waals surface area contributed by atoms with Crippen LogP contribution in [0.25, 0.3) is 0 Å². The van der Waals surface area contributed by atoms with Gasteiger partial charge >= 0.3 is 0 Å². The van der Waals surface area contributed by atoms with E-state index in [0.717, 1.165) is 27.9 Å². The molecule has 0 radical (unpaired) electrons. The molecule has 0 fully saturated rings. The van der Waals surface area contributed by atoms with Crippen molar-refractivity contribution in [2.45, 2.75) is 44.7 Å². The van der Waals surface area contributed by atoms with E-state index in [1.807, 2.05) is 19.9 Å². The molecule has 0 saturated carbocycles. The monoisotopic (exact) mass is 452 g/mol. The fraction of sp³-hybridized carbons (Fsp3) is 0.381. The number of rotatable bonds is 7. The maximum atomic E-state index is 12.9. The first-order valence-electron chi connectivity index (χ1n) is 9.38. The number of nitrogens with zero attached hydrogens (tertiary/aromatic N) is 1. The number of anilines is 1. The number of benzene rings is 2. The molecule has 0 spiro atoms. The van der Waals surface area contributed by atoms with Crippen LogP contribution in [0, 0.1) is 13.8 Å². The van der Waals surface area contributed by atoms with Gasteiger partial charge in [-0.3, -0.25) is 9.10 Å². The maximum absolute atomic E-state index is 12.9. The smallest absolute Gasteiger partial charge is 0.244 e. The van der Waals surface area contributed by atoms with Gasteiger partial charge in [0.1, 0.15) is 6.04 Å². The average molecular weight is 453 g/mol. The zero-order chi connectivity index (χ0) is 22.9. The number of aryl methyl sites for hydroxylation is 2. The third kappa shape index (κ3) is 5.82. The molecule has 0 aliphatic rings. The molecule has 0 heterocycles. The lowest BCUT2D eigenvalue weighted by Crippen LogP contribution is -2.48. The molecule has 0 aromatic heterocycles. The van der Waals surface area contributed by atoms with Gasteiger partial charge < -0.3 is 5.32 Å². The first-order chi connectivity index (χ1) is 13.7. The number of hydrogen-bond donors (Lipinski definition) is 1. The molecule has 0 aliphatic carbocycles. The minimum absolute atomic E-state index is 0.191. The van der Waals surface area contributed by atoms with Crippen molar-refractivity contribution in [1.29, 1.82) is 0 Å². The number of amides is 1. The van der Waals surface area contributed by atoms with Crippen molar-refractivity contribution >= 4 is 31.5 Å². The summed E-state index contributed by atoms with van der Waals surface area (Å²) in [6.45, 7) is 7.02. The SMILES string of the molecule is Cc1cc(C)cc(N(C(C)C(=O)NC(C)c2ccc(S(C)(=O)=O)cc2)S(C)(=O)=O)c1. The van der Waals surface area contributed by atoms with Gasteiger partial charge in [-0.2, -0.15) is 0 Å². The van der Waals surface area contributed by atoms with Crippen LogP contribution in [0.2, 0.25) is 0 Å². The summed E-state index contributed by atoms with van der Waals surface area (Å²) in [5, 5.41) is 2.81. The van der Waals surface area contributed by atoms with Gasteiger partial charge in [-0.1, -0.05) is 18.2 Å². The molecule has 2 rings (SSSR count). The van der Waals surface area contributed by atoms with Gasteiger partial charge in [0, 0.05) is 6.26 Å². The molecule has 2 unspecified atom stereocenters. The maximum Gasteiger partial charge on any atom is 0.244 e. The van der Waals surface area contributed by atoms with E-state index in [9.17, 15) is 21.6 Å². The van der Waals surface area contributed by atoms with Crippen LogP contribution >= 0.6 is 0 Å². The summed E-state index contributed by atoms with van der Waals surface area (Å²) in [5.41, 5.74) is 2.93. The molecule has 9 heteroatoms. The summed E-state index contributed by atoms with van der Waals surface area (Å²) < 4.78 is 49.3. The molecule has 30 heavy (non-hydrogen) atoms. The van der Waals surface area contributed by atoms with Crippen molar-refractivity contribution < 1.29 is 21.6 Å². The number of nitrogens with one attached hydrogen (secondary N) is 1. The molecule has 164 valence electrons. The van der Waals surface area contributed by atoms with Crippen molar-refractivity contribution in [3.8, 4) is 0 Å². The normalized spacial score (nSPS) is 14.1. The lowest BCUT2D eigenvalue weighted by atomic mass is 10.1. The number of sulfone groups is 1. The van der Waals surface area contributed by atoms with Crippen LogP contribution in [0.15, 0.2) is 47.4 Å². The molecular formula is C21H28N2O5S2. The van der Waals surface area contributed by atoms with E-state index in [1.54, 1.807) is 31.2 Å². The van der Waals surface area contributed by atoms with Crippen molar-refractivity contribution in [2.24, 2.45) is 0 Å². The fourth-order valence-corrected chi connectivity index (χ4v) is 5.10. The quantitative estimate of drug-likeness (QED) is 0.696. The lowest BCUT2D eigenvalue weighted by molar-refractivity contribution is -0.122. The van der Waals surface area contributed by atoms with E-state index in [0.29, 0.717) is 11.3 Å². The standard InChI is InChI=1S/C21H28N2O5S2/c1-14-11-15(2)13-19(12-14)23(30(6,27)28)17(4)21(24)22-16(3)18-7-9-20(10-8-18)29(5,25)26/h7-13,16-17H,1-6H3,(H,22,24). The highest BCUT2D eigenvalue weighted by Crippen LogP contribution is 2.24. The second kappa shape index (κ2) is 8.77. The van der Waals surface area contributed by atoms with Crippen LogP contribution in [-0.2, 0) is 24.7 Å². The second-order valence-electron chi connectivity index (χ2n) is 7.65. The van der Waals surface area contributed by atoms with Crippen LogP contribution in [0.3, 0.4) is 0 Å². The van der Waals surface area contributed by atoms with Crippen molar-refractivity contribution in [3.05, 3.63) is 59.2 Å². The highest BCUT2D eigenvalue weighted by atomic mass is 32.2. The molecular weight excluding hydrogens is 424 g/mol. The van der Waals surface area contributed by atoms with Gasteiger partial charge in [0.2, 0.25) is 15.9 Å². The number of carbonyl (C=O) groups excluding carboxylic acids is 1. The summed E-state index contributed by atoms with van der Waals surface area (Å²) in [6, 6.07) is 10.2.